The maximum atomic E-state index is 14.1. The SMILES string of the molecule is Cc1nc2c(OCc3c(F)cccc3F)cccn2c1-c1nc(CCS(C)(=O)=O)c2c(n1)NC(=O)C2(C)C. The van der Waals surface area contributed by atoms with Crippen LogP contribution >= 0.6 is 0 Å². The van der Waals surface area contributed by atoms with Gasteiger partial charge in [0.2, 0.25) is 5.91 Å². The molecule has 1 aliphatic heterocycles. The van der Waals surface area contributed by atoms with Crippen LogP contribution in [-0.4, -0.2) is 45.7 Å². The molecular formula is C26H25F2N5O4S. The highest BCUT2D eigenvalue weighted by molar-refractivity contribution is 7.90. The number of fused-ring (bicyclic) bond motifs is 2. The highest BCUT2D eigenvalue weighted by atomic mass is 32.2. The number of carbonyl (C=O) groups excluding carboxylic acids is 1. The molecule has 1 amide bonds. The Hall–Kier alpha value is -3.93. The number of aromatic nitrogens is 4. The summed E-state index contributed by atoms with van der Waals surface area (Å²) in [5.41, 5.74) is 1.31. The maximum absolute atomic E-state index is 14.1. The van der Waals surface area contributed by atoms with E-state index in [-0.39, 0.29) is 41.8 Å². The van der Waals surface area contributed by atoms with Gasteiger partial charge in [0.25, 0.3) is 0 Å². The van der Waals surface area contributed by atoms with Gasteiger partial charge in [-0.15, -0.1) is 0 Å². The molecule has 4 aromatic rings. The van der Waals surface area contributed by atoms with Crippen molar-refractivity contribution in [2.75, 3.05) is 17.3 Å². The van der Waals surface area contributed by atoms with Gasteiger partial charge in [0.1, 0.15) is 39.6 Å². The van der Waals surface area contributed by atoms with Gasteiger partial charge >= 0.3 is 0 Å². The number of aryl methyl sites for hydroxylation is 2. The van der Waals surface area contributed by atoms with Crippen molar-refractivity contribution in [3.8, 4) is 17.3 Å². The van der Waals surface area contributed by atoms with Crippen LogP contribution < -0.4 is 10.1 Å². The van der Waals surface area contributed by atoms with Crippen molar-refractivity contribution >= 4 is 27.2 Å². The van der Waals surface area contributed by atoms with Gasteiger partial charge in [0.15, 0.2) is 17.2 Å². The molecule has 0 spiro atoms. The smallest absolute Gasteiger partial charge is 0.235 e. The van der Waals surface area contributed by atoms with Crippen molar-refractivity contribution in [2.45, 2.75) is 39.2 Å². The topological polar surface area (TPSA) is 116 Å². The number of nitrogens with zero attached hydrogens (tertiary/aromatic N) is 4. The third kappa shape index (κ3) is 4.49. The summed E-state index contributed by atoms with van der Waals surface area (Å²) in [6.07, 6.45) is 2.97. The van der Waals surface area contributed by atoms with Gasteiger partial charge in [-0.05, 0) is 45.0 Å². The standard InChI is InChI=1S/C26H25F2N5O4S/c1-14-21(23-30-18(10-12-38(4,35)36)20-22(31-23)32-25(34)26(20,2)3)33-11-6-9-19(24(33)29-14)37-13-15-16(27)7-5-8-17(15)28/h5-9,11H,10,12-13H2,1-4H3,(H,30,31,32,34). The van der Waals surface area contributed by atoms with Crippen molar-refractivity contribution in [1.29, 1.82) is 0 Å². The quantitative estimate of drug-likeness (QED) is 0.379. The third-order valence-corrected chi connectivity index (χ3v) is 7.50. The number of rotatable bonds is 7. The summed E-state index contributed by atoms with van der Waals surface area (Å²) in [6, 6.07) is 6.92. The molecule has 0 radical (unpaired) electrons. The monoisotopic (exact) mass is 541 g/mol. The number of hydrogen-bond donors (Lipinski definition) is 1. The summed E-state index contributed by atoms with van der Waals surface area (Å²) < 4.78 is 59.5. The Bertz CT molecular complexity index is 1700. The molecule has 38 heavy (non-hydrogen) atoms. The Morgan fingerprint density at radius 2 is 1.79 bits per heavy atom. The zero-order valence-electron chi connectivity index (χ0n) is 21.2. The predicted molar refractivity (Wildman–Crippen MR) is 137 cm³/mol. The van der Waals surface area contributed by atoms with Crippen LogP contribution in [0.4, 0.5) is 14.6 Å². The van der Waals surface area contributed by atoms with Crippen LogP contribution in [0.2, 0.25) is 0 Å². The molecule has 0 atom stereocenters. The molecular weight excluding hydrogens is 516 g/mol. The molecule has 12 heteroatoms. The average molecular weight is 542 g/mol. The van der Waals surface area contributed by atoms with Crippen LogP contribution in [-0.2, 0) is 33.1 Å². The van der Waals surface area contributed by atoms with Crippen LogP contribution in [0.15, 0.2) is 36.5 Å². The fourth-order valence-corrected chi connectivity index (χ4v) is 5.12. The van der Waals surface area contributed by atoms with E-state index in [9.17, 15) is 22.0 Å². The lowest BCUT2D eigenvalue weighted by atomic mass is 9.85. The van der Waals surface area contributed by atoms with Crippen molar-refractivity contribution < 1.29 is 26.7 Å². The van der Waals surface area contributed by atoms with E-state index >= 15 is 0 Å². The Labute approximate surface area is 217 Å². The van der Waals surface area contributed by atoms with E-state index in [0.717, 1.165) is 18.4 Å². The molecule has 3 aromatic heterocycles. The van der Waals surface area contributed by atoms with E-state index < -0.39 is 26.9 Å². The number of anilines is 1. The number of hydrogen-bond acceptors (Lipinski definition) is 7. The van der Waals surface area contributed by atoms with Crippen LogP contribution in [0, 0.1) is 18.6 Å². The van der Waals surface area contributed by atoms with Crippen molar-refractivity contribution in [3.63, 3.8) is 0 Å². The highest BCUT2D eigenvalue weighted by Gasteiger charge is 2.42. The molecule has 9 nitrogen and oxygen atoms in total. The summed E-state index contributed by atoms with van der Waals surface area (Å²) in [6.45, 7) is 4.88. The number of benzene rings is 1. The lowest BCUT2D eigenvalue weighted by Crippen LogP contribution is -2.28. The fraction of sp³-hybridized carbons (Fsp3) is 0.308. The Morgan fingerprint density at radius 3 is 2.47 bits per heavy atom. The zero-order valence-corrected chi connectivity index (χ0v) is 22.0. The molecule has 1 N–H and O–H groups in total. The normalized spacial score (nSPS) is 14.5. The van der Waals surface area contributed by atoms with Crippen LogP contribution in [0.25, 0.3) is 17.2 Å². The lowest BCUT2D eigenvalue weighted by molar-refractivity contribution is -0.119. The fourth-order valence-electron chi connectivity index (χ4n) is 4.56. The molecule has 5 rings (SSSR count). The lowest BCUT2D eigenvalue weighted by Gasteiger charge is -2.18. The second-order valence-electron chi connectivity index (χ2n) is 9.78. The maximum Gasteiger partial charge on any atom is 0.235 e. The predicted octanol–water partition coefficient (Wildman–Crippen LogP) is 3.77. The second-order valence-corrected chi connectivity index (χ2v) is 12.0. The van der Waals surface area contributed by atoms with E-state index in [0.29, 0.717) is 34.1 Å². The Kier molecular flexibility index (Phi) is 6.17. The van der Waals surface area contributed by atoms with Gasteiger partial charge < -0.3 is 10.1 Å². The minimum absolute atomic E-state index is 0.105. The summed E-state index contributed by atoms with van der Waals surface area (Å²) in [4.78, 5) is 26.6. The van der Waals surface area contributed by atoms with Crippen molar-refractivity contribution in [1.82, 2.24) is 19.4 Å². The number of pyridine rings is 1. The minimum Gasteiger partial charge on any atom is -0.485 e. The number of imidazole rings is 1. The first kappa shape index (κ1) is 25.7. The van der Waals surface area contributed by atoms with Crippen molar-refractivity contribution in [3.05, 3.63) is 70.7 Å². The molecule has 198 valence electrons. The van der Waals surface area contributed by atoms with Gasteiger partial charge in [-0.2, -0.15) is 0 Å². The number of ether oxygens (including phenoxy) is 1. The van der Waals surface area contributed by atoms with Crippen molar-refractivity contribution in [2.24, 2.45) is 0 Å². The summed E-state index contributed by atoms with van der Waals surface area (Å²) in [7, 11) is -3.29. The first-order valence-corrected chi connectivity index (χ1v) is 13.9. The Morgan fingerprint density at radius 1 is 1.08 bits per heavy atom. The number of amides is 1. The highest BCUT2D eigenvalue weighted by Crippen LogP contribution is 2.40. The van der Waals surface area contributed by atoms with Gasteiger partial charge in [0.05, 0.1) is 28.1 Å². The average Bonchev–Trinajstić information content (AvgIpc) is 3.29. The van der Waals surface area contributed by atoms with Gasteiger partial charge in [-0.25, -0.2) is 32.2 Å². The molecule has 1 aromatic carbocycles. The van der Waals surface area contributed by atoms with Crippen LogP contribution in [0.3, 0.4) is 0 Å². The minimum atomic E-state index is -3.29. The number of sulfone groups is 1. The van der Waals surface area contributed by atoms with E-state index in [4.69, 9.17) is 9.72 Å². The number of halogens is 2. The van der Waals surface area contributed by atoms with E-state index in [1.165, 1.54) is 6.07 Å². The first-order chi connectivity index (χ1) is 17.9. The van der Waals surface area contributed by atoms with Crippen LogP contribution in [0.1, 0.15) is 36.4 Å². The Balaban J connectivity index is 1.60. The van der Waals surface area contributed by atoms with Gasteiger partial charge in [-0.3, -0.25) is 9.20 Å². The molecule has 1 aliphatic rings. The molecule has 0 bridgehead atoms. The zero-order chi connectivity index (χ0) is 27.4. The molecule has 0 saturated carbocycles. The summed E-state index contributed by atoms with van der Waals surface area (Å²) in [5, 5.41) is 2.79. The summed E-state index contributed by atoms with van der Waals surface area (Å²) in [5.74, 6) is -0.969. The van der Waals surface area contributed by atoms with E-state index in [1.807, 2.05) is 0 Å². The third-order valence-electron chi connectivity index (χ3n) is 6.55. The van der Waals surface area contributed by atoms with E-state index in [1.54, 1.807) is 43.5 Å². The van der Waals surface area contributed by atoms with E-state index in [2.05, 4.69) is 15.3 Å². The largest absolute Gasteiger partial charge is 0.485 e. The molecule has 0 unspecified atom stereocenters. The number of nitrogens with one attached hydrogen (secondary N) is 1. The number of carbonyl (C=O) groups is 1. The van der Waals surface area contributed by atoms with Gasteiger partial charge in [0, 0.05) is 24.4 Å². The molecule has 0 aliphatic carbocycles. The van der Waals surface area contributed by atoms with Gasteiger partial charge in [-0.1, -0.05) is 6.07 Å². The molecule has 0 fully saturated rings. The molecule has 0 saturated heterocycles. The second kappa shape index (κ2) is 9.12. The molecule has 4 heterocycles. The van der Waals surface area contributed by atoms with Crippen LogP contribution in [0.5, 0.6) is 5.75 Å². The summed E-state index contributed by atoms with van der Waals surface area (Å²) >= 11 is 0. The first-order valence-electron chi connectivity index (χ1n) is 11.8.